The smallest absolute Gasteiger partial charge is 0.469 e. The SMILES string of the molecule is CCOC(=O)O[C@@H]1CC[C@]2(C)C3=CC(=O)[C@@]4(C)[C@H](CC[C@H]4[C@H](C)CCC(=O)OC)[C@@H]3CC[C@@H]2C1. The summed E-state index contributed by atoms with van der Waals surface area (Å²) >= 11 is 0. The lowest BCUT2D eigenvalue weighted by Crippen LogP contribution is -2.52. The van der Waals surface area contributed by atoms with E-state index in [-0.39, 0.29) is 22.9 Å². The average molecular weight is 475 g/mol. The average Bonchev–Trinajstić information content (AvgIpc) is 3.17. The van der Waals surface area contributed by atoms with Crippen LogP contribution >= 0.6 is 0 Å². The summed E-state index contributed by atoms with van der Waals surface area (Å²) in [7, 11) is 1.43. The van der Waals surface area contributed by atoms with Gasteiger partial charge in [0.15, 0.2) is 5.78 Å². The Bertz CT molecular complexity index is 848. The van der Waals surface area contributed by atoms with Crippen LogP contribution in [0.4, 0.5) is 4.79 Å². The van der Waals surface area contributed by atoms with Crippen molar-refractivity contribution < 1.29 is 28.6 Å². The number of esters is 1. The molecule has 0 bridgehead atoms. The van der Waals surface area contributed by atoms with E-state index in [2.05, 4.69) is 20.8 Å². The van der Waals surface area contributed by atoms with Crippen molar-refractivity contribution in [3.8, 4) is 0 Å². The summed E-state index contributed by atoms with van der Waals surface area (Å²) in [6, 6.07) is 0. The van der Waals surface area contributed by atoms with Gasteiger partial charge in [0, 0.05) is 11.8 Å². The summed E-state index contributed by atoms with van der Waals surface area (Å²) < 4.78 is 15.4. The number of hydrogen-bond donors (Lipinski definition) is 0. The minimum absolute atomic E-state index is 0.00299. The van der Waals surface area contributed by atoms with Crippen LogP contribution in [0.2, 0.25) is 0 Å². The molecule has 4 aliphatic carbocycles. The molecule has 6 heteroatoms. The molecule has 34 heavy (non-hydrogen) atoms. The molecule has 3 fully saturated rings. The van der Waals surface area contributed by atoms with E-state index in [4.69, 9.17) is 14.2 Å². The highest BCUT2D eigenvalue weighted by atomic mass is 16.7. The van der Waals surface area contributed by atoms with Crippen LogP contribution in [0.15, 0.2) is 11.6 Å². The van der Waals surface area contributed by atoms with Gasteiger partial charge >= 0.3 is 12.1 Å². The maximum Gasteiger partial charge on any atom is 0.508 e. The Labute approximate surface area is 204 Å². The number of allylic oxidation sites excluding steroid dienone is 2. The molecule has 0 aliphatic heterocycles. The van der Waals surface area contributed by atoms with Crippen LogP contribution < -0.4 is 0 Å². The van der Waals surface area contributed by atoms with Crippen LogP contribution in [0.25, 0.3) is 0 Å². The second-order valence-electron chi connectivity index (χ2n) is 11.6. The third-order valence-corrected chi connectivity index (χ3v) is 10.2. The van der Waals surface area contributed by atoms with E-state index < -0.39 is 6.16 Å². The lowest BCUT2D eigenvalue weighted by atomic mass is 9.48. The fourth-order valence-corrected chi connectivity index (χ4v) is 8.26. The van der Waals surface area contributed by atoms with Crippen LogP contribution in [0.1, 0.15) is 85.5 Å². The van der Waals surface area contributed by atoms with Crippen molar-refractivity contribution in [1.82, 2.24) is 0 Å². The molecule has 190 valence electrons. The predicted molar refractivity (Wildman–Crippen MR) is 128 cm³/mol. The van der Waals surface area contributed by atoms with Crippen molar-refractivity contribution in [3.63, 3.8) is 0 Å². The Morgan fingerprint density at radius 2 is 1.91 bits per heavy atom. The van der Waals surface area contributed by atoms with E-state index in [0.29, 0.717) is 48.4 Å². The highest BCUT2D eigenvalue weighted by Gasteiger charge is 2.61. The number of methoxy groups -OCH3 is 1. The lowest BCUT2D eigenvalue weighted by molar-refractivity contribution is -0.141. The van der Waals surface area contributed by atoms with Crippen molar-refractivity contribution in [2.24, 2.45) is 40.4 Å². The number of ether oxygens (including phenoxy) is 3. The number of fused-ring (bicyclic) bond motifs is 5. The summed E-state index contributed by atoms with van der Waals surface area (Å²) in [5, 5.41) is 0. The zero-order valence-corrected chi connectivity index (χ0v) is 21.6. The fourth-order valence-electron chi connectivity index (χ4n) is 8.26. The second kappa shape index (κ2) is 9.66. The van der Waals surface area contributed by atoms with E-state index in [1.165, 1.54) is 12.7 Å². The first kappa shape index (κ1) is 25.2. The van der Waals surface area contributed by atoms with E-state index in [1.807, 2.05) is 6.08 Å². The molecule has 0 unspecified atom stereocenters. The summed E-state index contributed by atoms with van der Waals surface area (Å²) in [5.74, 6) is 2.03. The Morgan fingerprint density at radius 3 is 2.62 bits per heavy atom. The molecule has 0 aromatic rings. The molecule has 6 nitrogen and oxygen atoms in total. The first-order chi connectivity index (χ1) is 16.1. The number of hydrogen-bond acceptors (Lipinski definition) is 6. The van der Waals surface area contributed by atoms with Gasteiger partial charge in [0.1, 0.15) is 6.10 Å². The van der Waals surface area contributed by atoms with Gasteiger partial charge in [-0.2, -0.15) is 0 Å². The predicted octanol–water partition coefficient (Wildman–Crippen LogP) is 5.88. The van der Waals surface area contributed by atoms with Crippen LogP contribution in [0.5, 0.6) is 0 Å². The minimum Gasteiger partial charge on any atom is -0.469 e. The van der Waals surface area contributed by atoms with Gasteiger partial charge in [0.25, 0.3) is 0 Å². The molecule has 4 aliphatic rings. The topological polar surface area (TPSA) is 78.9 Å². The molecule has 3 saturated carbocycles. The number of ketones is 1. The zero-order chi connectivity index (χ0) is 24.7. The monoisotopic (exact) mass is 474 g/mol. The summed E-state index contributed by atoms with van der Waals surface area (Å²) in [6.45, 7) is 8.87. The van der Waals surface area contributed by atoms with Crippen molar-refractivity contribution >= 4 is 17.9 Å². The van der Waals surface area contributed by atoms with E-state index in [9.17, 15) is 14.4 Å². The van der Waals surface area contributed by atoms with Crippen LogP contribution in [-0.2, 0) is 23.8 Å². The molecule has 8 atom stereocenters. The highest BCUT2D eigenvalue weighted by Crippen LogP contribution is 2.65. The van der Waals surface area contributed by atoms with Crippen LogP contribution in [-0.4, -0.2) is 37.7 Å². The molecule has 0 N–H and O–H groups in total. The number of carbonyl (C=O) groups is 3. The summed E-state index contributed by atoms with van der Waals surface area (Å²) in [6.07, 6.45) is 9.55. The van der Waals surface area contributed by atoms with Gasteiger partial charge in [0.2, 0.25) is 0 Å². The zero-order valence-electron chi connectivity index (χ0n) is 21.6. The van der Waals surface area contributed by atoms with Crippen LogP contribution in [0.3, 0.4) is 0 Å². The highest BCUT2D eigenvalue weighted by molar-refractivity contribution is 5.97. The van der Waals surface area contributed by atoms with Gasteiger partial charge in [-0.15, -0.1) is 0 Å². The minimum atomic E-state index is -0.564. The number of carbonyl (C=O) groups excluding carboxylic acids is 3. The van der Waals surface area contributed by atoms with E-state index >= 15 is 0 Å². The lowest BCUT2D eigenvalue weighted by Gasteiger charge is -2.56. The Hall–Kier alpha value is -1.85. The third-order valence-electron chi connectivity index (χ3n) is 10.2. The summed E-state index contributed by atoms with van der Waals surface area (Å²) in [5.41, 5.74) is 1.04. The van der Waals surface area contributed by atoms with Crippen molar-refractivity contribution in [2.75, 3.05) is 13.7 Å². The van der Waals surface area contributed by atoms with E-state index in [0.717, 1.165) is 51.4 Å². The van der Waals surface area contributed by atoms with Gasteiger partial charge in [-0.3, -0.25) is 9.59 Å². The normalized spacial score (nSPS) is 39.7. The molecular weight excluding hydrogens is 432 g/mol. The quantitative estimate of drug-likeness (QED) is 0.448. The second-order valence-corrected chi connectivity index (χ2v) is 11.6. The van der Waals surface area contributed by atoms with Gasteiger partial charge in [-0.25, -0.2) is 4.79 Å². The molecule has 0 spiro atoms. The van der Waals surface area contributed by atoms with Gasteiger partial charge in [0.05, 0.1) is 13.7 Å². The molecule has 0 saturated heterocycles. The molecular formula is C28H42O6. The molecule has 0 aromatic carbocycles. The molecule has 4 rings (SSSR count). The third kappa shape index (κ3) is 4.19. The first-order valence-electron chi connectivity index (χ1n) is 13.3. The van der Waals surface area contributed by atoms with Crippen molar-refractivity contribution in [3.05, 3.63) is 11.6 Å². The van der Waals surface area contributed by atoms with Crippen molar-refractivity contribution in [1.29, 1.82) is 0 Å². The Morgan fingerprint density at radius 1 is 1.15 bits per heavy atom. The Kier molecular flexibility index (Phi) is 7.17. The van der Waals surface area contributed by atoms with Crippen LogP contribution in [0, 0.1) is 40.4 Å². The number of rotatable bonds is 6. The van der Waals surface area contributed by atoms with Gasteiger partial charge in [-0.1, -0.05) is 26.3 Å². The maximum absolute atomic E-state index is 13.8. The molecule has 0 amide bonds. The van der Waals surface area contributed by atoms with Crippen molar-refractivity contribution in [2.45, 2.75) is 91.6 Å². The fraction of sp³-hybridized carbons (Fsp3) is 0.821. The largest absolute Gasteiger partial charge is 0.508 e. The van der Waals surface area contributed by atoms with Gasteiger partial charge < -0.3 is 14.2 Å². The molecule has 0 aromatic heterocycles. The standard InChI is InChI=1S/C28H42O6/c1-6-33-26(31)34-19-13-14-27(3)18(15-19)8-9-20-22-11-10-21(17(2)7-12-25(30)32-5)28(22,4)24(29)16-23(20)27/h16-22H,6-15H2,1-5H3/t17-,18-,19-,20+,21+,22-,27+,28-/m1/s1. The maximum atomic E-state index is 13.8. The summed E-state index contributed by atoms with van der Waals surface area (Å²) in [4.78, 5) is 37.3. The van der Waals surface area contributed by atoms with E-state index in [1.54, 1.807) is 6.92 Å². The van der Waals surface area contributed by atoms with Gasteiger partial charge in [-0.05, 0) is 99.4 Å². The molecule has 0 heterocycles. The molecule has 0 radical (unpaired) electrons. The Balaban J connectivity index is 1.51. The first-order valence-corrected chi connectivity index (χ1v) is 13.3.